The van der Waals surface area contributed by atoms with Crippen LogP contribution in [0.2, 0.25) is 0 Å². The van der Waals surface area contributed by atoms with Crippen LogP contribution in [0.3, 0.4) is 0 Å². The summed E-state index contributed by atoms with van der Waals surface area (Å²) in [4.78, 5) is 42.9. The maximum Gasteiger partial charge on any atom is 0.328 e. The van der Waals surface area contributed by atoms with Crippen molar-refractivity contribution in [3.63, 3.8) is 0 Å². The number of ether oxygens (including phenoxy) is 1. The molecule has 2 amide bonds. The Morgan fingerprint density at radius 1 is 1.16 bits per heavy atom. The van der Waals surface area contributed by atoms with E-state index in [0.29, 0.717) is 19.5 Å². The molecular weight excluding hydrogens is 500 g/mol. The van der Waals surface area contributed by atoms with E-state index in [2.05, 4.69) is 39.8 Å². The number of nitrogens with zero attached hydrogens (tertiary/aromatic N) is 2. The number of rotatable bonds is 12. The summed E-state index contributed by atoms with van der Waals surface area (Å²) in [5.41, 5.74) is 1.14. The van der Waals surface area contributed by atoms with Crippen molar-refractivity contribution < 1.29 is 19.1 Å². The molecule has 0 spiro atoms. The molecular formula is C29H40N4O4S. The number of methoxy groups -OCH3 is 1. The van der Waals surface area contributed by atoms with Gasteiger partial charge >= 0.3 is 5.97 Å². The van der Waals surface area contributed by atoms with E-state index in [1.807, 2.05) is 29.4 Å². The maximum atomic E-state index is 13.3. The Morgan fingerprint density at radius 3 is 2.74 bits per heavy atom. The topological polar surface area (TPSA) is 91.0 Å². The summed E-state index contributed by atoms with van der Waals surface area (Å²) in [5, 5.41) is 8.55. The lowest BCUT2D eigenvalue weighted by atomic mass is 10.0. The van der Waals surface area contributed by atoms with Crippen molar-refractivity contribution in [1.29, 1.82) is 0 Å². The van der Waals surface area contributed by atoms with Gasteiger partial charge in [0.25, 0.3) is 0 Å². The van der Waals surface area contributed by atoms with Crippen LogP contribution < -0.4 is 10.6 Å². The van der Waals surface area contributed by atoms with Crippen molar-refractivity contribution in [2.45, 2.75) is 56.8 Å². The molecule has 2 aromatic carbocycles. The molecule has 206 valence electrons. The van der Waals surface area contributed by atoms with Gasteiger partial charge < -0.3 is 20.3 Å². The van der Waals surface area contributed by atoms with Crippen LogP contribution in [0.4, 0.5) is 0 Å². The normalized spacial score (nSPS) is 20.1. The average Bonchev–Trinajstić information content (AvgIpc) is 3.63. The highest BCUT2D eigenvalue weighted by molar-refractivity contribution is 7.98. The van der Waals surface area contributed by atoms with E-state index in [1.54, 1.807) is 11.8 Å². The number of likely N-dealkylation sites (tertiary alicyclic amines) is 1. The van der Waals surface area contributed by atoms with Crippen LogP contribution in [0.15, 0.2) is 42.5 Å². The standard InChI is InChI=1S/C29H40N4O4S/c1-37-29(36)26(14-17-38-2)31-27(34)20-32(18-22-10-5-9-21-8-3-4-12-24(21)22)19-23-11-7-16-33(23)28(35)25-13-6-15-30-25/h3-5,8-10,12,23,25-26,30H,6-7,11,13-20H2,1-2H3,(H,31,34)/t23-,25-,26-/m0/s1. The van der Waals surface area contributed by atoms with Gasteiger partial charge in [-0.3, -0.25) is 14.5 Å². The minimum absolute atomic E-state index is 0.0561. The third kappa shape index (κ3) is 7.27. The van der Waals surface area contributed by atoms with Crippen molar-refractivity contribution in [2.75, 3.05) is 45.3 Å². The molecule has 8 nitrogen and oxygen atoms in total. The lowest BCUT2D eigenvalue weighted by molar-refractivity contribution is -0.145. The van der Waals surface area contributed by atoms with E-state index < -0.39 is 12.0 Å². The van der Waals surface area contributed by atoms with Crippen molar-refractivity contribution in [2.24, 2.45) is 0 Å². The summed E-state index contributed by atoms with van der Waals surface area (Å²) in [5.74, 6) is 0.288. The van der Waals surface area contributed by atoms with Gasteiger partial charge in [-0.15, -0.1) is 0 Å². The van der Waals surface area contributed by atoms with Crippen molar-refractivity contribution in [1.82, 2.24) is 20.4 Å². The molecule has 2 aromatic rings. The van der Waals surface area contributed by atoms with E-state index in [0.717, 1.165) is 60.9 Å². The molecule has 0 aliphatic carbocycles. The predicted octanol–water partition coefficient (Wildman–Crippen LogP) is 2.80. The number of carbonyl (C=O) groups is 3. The minimum Gasteiger partial charge on any atom is -0.467 e. The third-order valence-corrected chi connectivity index (χ3v) is 8.20. The molecule has 38 heavy (non-hydrogen) atoms. The molecule has 0 aromatic heterocycles. The first-order chi connectivity index (χ1) is 18.5. The molecule has 0 saturated carbocycles. The Kier molecular flexibility index (Phi) is 10.4. The molecule has 9 heteroatoms. The molecule has 2 fully saturated rings. The molecule has 0 unspecified atom stereocenters. The Balaban J connectivity index is 1.52. The first-order valence-electron chi connectivity index (χ1n) is 13.6. The third-order valence-electron chi connectivity index (χ3n) is 7.56. The summed E-state index contributed by atoms with van der Waals surface area (Å²) in [7, 11) is 1.35. The summed E-state index contributed by atoms with van der Waals surface area (Å²) in [6.07, 6.45) is 6.29. The van der Waals surface area contributed by atoms with Gasteiger partial charge in [0.05, 0.1) is 19.7 Å². The second-order valence-electron chi connectivity index (χ2n) is 10.2. The molecule has 2 heterocycles. The fourth-order valence-corrected chi connectivity index (χ4v) is 6.11. The van der Waals surface area contributed by atoms with Crippen LogP contribution >= 0.6 is 11.8 Å². The fourth-order valence-electron chi connectivity index (χ4n) is 5.64. The van der Waals surface area contributed by atoms with Gasteiger partial charge in [-0.1, -0.05) is 42.5 Å². The fraction of sp³-hybridized carbons (Fsp3) is 0.552. The van der Waals surface area contributed by atoms with Gasteiger partial charge in [0.2, 0.25) is 11.8 Å². The number of hydrogen-bond acceptors (Lipinski definition) is 7. The van der Waals surface area contributed by atoms with Crippen LogP contribution in [0.5, 0.6) is 0 Å². The maximum absolute atomic E-state index is 13.3. The van der Waals surface area contributed by atoms with Crippen molar-refractivity contribution >= 4 is 40.3 Å². The first-order valence-corrected chi connectivity index (χ1v) is 15.0. The molecule has 2 aliphatic heterocycles. The van der Waals surface area contributed by atoms with E-state index in [-0.39, 0.29) is 30.4 Å². The number of thioether (sulfide) groups is 1. The zero-order chi connectivity index (χ0) is 26.9. The van der Waals surface area contributed by atoms with E-state index in [4.69, 9.17) is 4.74 Å². The monoisotopic (exact) mass is 540 g/mol. The molecule has 4 rings (SSSR count). The van der Waals surface area contributed by atoms with Gasteiger partial charge in [-0.05, 0) is 67.0 Å². The number of fused-ring (bicyclic) bond motifs is 1. The smallest absolute Gasteiger partial charge is 0.328 e. The summed E-state index contributed by atoms with van der Waals surface area (Å²) in [6, 6.07) is 13.8. The zero-order valence-corrected chi connectivity index (χ0v) is 23.3. The lowest BCUT2D eigenvalue weighted by Crippen LogP contribution is -2.51. The number of nitrogens with one attached hydrogen (secondary N) is 2. The second kappa shape index (κ2) is 14.0. The van der Waals surface area contributed by atoms with Gasteiger partial charge in [0.1, 0.15) is 6.04 Å². The van der Waals surface area contributed by atoms with Crippen molar-refractivity contribution in [3.05, 3.63) is 48.0 Å². The van der Waals surface area contributed by atoms with E-state index >= 15 is 0 Å². The molecule has 2 aliphatic rings. The van der Waals surface area contributed by atoms with Crippen LogP contribution in [0, 0.1) is 0 Å². The number of hydrogen-bond donors (Lipinski definition) is 2. The summed E-state index contributed by atoms with van der Waals surface area (Å²) < 4.78 is 4.93. The van der Waals surface area contributed by atoms with Gasteiger partial charge in [0, 0.05) is 25.7 Å². The van der Waals surface area contributed by atoms with Crippen LogP contribution in [0.25, 0.3) is 10.8 Å². The number of carbonyl (C=O) groups excluding carboxylic acids is 3. The zero-order valence-electron chi connectivity index (χ0n) is 22.5. The van der Waals surface area contributed by atoms with Crippen LogP contribution in [0.1, 0.15) is 37.7 Å². The molecule has 2 saturated heterocycles. The highest BCUT2D eigenvalue weighted by Crippen LogP contribution is 2.24. The Morgan fingerprint density at radius 2 is 1.97 bits per heavy atom. The first kappa shape index (κ1) is 28.4. The summed E-state index contributed by atoms with van der Waals surface area (Å²) in [6.45, 7) is 2.96. The summed E-state index contributed by atoms with van der Waals surface area (Å²) >= 11 is 1.62. The largest absolute Gasteiger partial charge is 0.467 e. The Bertz CT molecular complexity index is 1100. The molecule has 3 atom stereocenters. The molecule has 0 radical (unpaired) electrons. The molecule has 2 N–H and O–H groups in total. The molecule has 0 bridgehead atoms. The average molecular weight is 541 g/mol. The predicted molar refractivity (Wildman–Crippen MR) is 152 cm³/mol. The van der Waals surface area contributed by atoms with E-state index in [1.165, 1.54) is 7.11 Å². The van der Waals surface area contributed by atoms with Gasteiger partial charge in [-0.25, -0.2) is 4.79 Å². The van der Waals surface area contributed by atoms with Gasteiger partial charge in [-0.2, -0.15) is 11.8 Å². The van der Waals surface area contributed by atoms with Crippen LogP contribution in [-0.2, 0) is 25.7 Å². The lowest BCUT2D eigenvalue weighted by Gasteiger charge is -2.32. The second-order valence-corrected chi connectivity index (χ2v) is 11.2. The van der Waals surface area contributed by atoms with Crippen molar-refractivity contribution in [3.8, 4) is 0 Å². The van der Waals surface area contributed by atoms with E-state index in [9.17, 15) is 14.4 Å². The van der Waals surface area contributed by atoms with Gasteiger partial charge in [0.15, 0.2) is 0 Å². The Labute approximate surface area is 229 Å². The quantitative estimate of drug-likeness (QED) is 0.400. The number of esters is 1. The Hall–Kier alpha value is -2.62. The number of amides is 2. The number of benzene rings is 2. The van der Waals surface area contributed by atoms with Crippen LogP contribution in [-0.4, -0.2) is 91.0 Å². The minimum atomic E-state index is -0.669. The highest BCUT2D eigenvalue weighted by atomic mass is 32.2. The SMILES string of the molecule is COC(=O)[C@H](CCSC)NC(=O)CN(Cc1cccc2ccccc12)C[C@@H]1CCCN1C(=O)[C@@H]1CCCN1. The highest BCUT2D eigenvalue weighted by Gasteiger charge is 2.35.